The number of rotatable bonds is 7. The number of carbonyl (C=O) groups is 1. The van der Waals surface area contributed by atoms with Gasteiger partial charge in [0.05, 0.1) is 22.7 Å². The van der Waals surface area contributed by atoms with E-state index >= 15 is 0 Å². The molecule has 0 aliphatic rings. The second-order valence-electron chi connectivity index (χ2n) is 8.53. The quantitative estimate of drug-likeness (QED) is 0.395. The lowest BCUT2D eigenvalue weighted by molar-refractivity contribution is -0.116. The topological polar surface area (TPSA) is 81.1 Å². The van der Waals surface area contributed by atoms with Crippen molar-refractivity contribution < 1.29 is 13.2 Å². The van der Waals surface area contributed by atoms with Crippen molar-refractivity contribution in [3.05, 3.63) is 102 Å². The molecule has 34 heavy (non-hydrogen) atoms. The van der Waals surface area contributed by atoms with Gasteiger partial charge in [-0.2, -0.15) is 5.10 Å². The van der Waals surface area contributed by atoms with Gasteiger partial charge in [-0.3, -0.25) is 9.48 Å². The molecule has 0 aliphatic heterocycles. The van der Waals surface area contributed by atoms with Crippen molar-refractivity contribution in [2.45, 2.75) is 30.7 Å². The molecule has 7 heteroatoms. The summed E-state index contributed by atoms with van der Waals surface area (Å²) >= 11 is 0. The average Bonchev–Trinajstić information content (AvgIpc) is 3.31. The highest BCUT2D eigenvalue weighted by Crippen LogP contribution is 2.33. The van der Waals surface area contributed by atoms with Gasteiger partial charge in [-0.25, -0.2) is 8.42 Å². The first-order chi connectivity index (χ1) is 16.2. The van der Waals surface area contributed by atoms with Gasteiger partial charge in [-0.1, -0.05) is 66.7 Å². The van der Waals surface area contributed by atoms with Gasteiger partial charge >= 0.3 is 0 Å². The summed E-state index contributed by atoms with van der Waals surface area (Å²) in [5.41, 5.74) is 3.61. The van der Waals surface area contributed by atoms with Crippen LogP contribution in [-0.2, 0) is 14.6 Å². The number of anilines is 1. The normalized spacial score (nSPS) is 11.7. The van der Waals surface area contributed by atoms with Gasteiger partial charge in [0.25, 0.3) is 0 Å². The molecule has 0 aliphatic carbocycles. The predicted octanol–water partition coefficient (Wildman–Crippen LogP) is 5.31. The van der Waals surface area contributed by atoms with Gasteiger partial charge in [0, 0.05) is 29.6 Å². The Bertz CT molecular complexity index is 1360. The molecule has 0 fully saturated rings. The van der Waals surface area contributed by atoms with Crippen LogP contribution >= 0.6 is 0 Å². The van der Waals surface area contributed by atoms with Crippen LogP contribution in [0.25, 0.3) is 11.1 Å². The molecular weight excluding hydrogens is 446 g/mol. The second-order valence-corrected chi connectivity index (χ2v) is 10.5. The fourth-order valence-electron chi connectivity index (χ4n) is 3.86. The van der Waals surface area contributed by atoms with E-state index in [1.807, 2.05) is 85.4 Å². The van der Waals surface area contributed by atoms with E-state index in [9.17, 15) is 13.2 Å². The first kappa shape index (κ1) is 23.4. The maximum atomic E-state index is 13.7. The number of hydrogen-bond donors (Lipinski definition) is 1. The molecule has 1 N–H and O–H groups in total. The Balaban J connectivity index is 1.79. The number of aromatic nitrogens is 2. The van der Waals surface area contributed by atoms with Crippen molar-refractivity contribution >= 4 is 21.4 Å². The van der Waals surface area contributed by atoms with Crippen molar-refractivity contribution in [2.75, 3.05) is 11.6 Å². The van der Waals surface area contributed by atoms with E-state index in [1.54, 1.807) is 18.3 Å². The highest BCUT2D eigenvalue weighted by molar-refractivity contribution is 7.90. The molecule has 1 heterocycles. The van der Waals surface area contributed by atoms with Crippen molar-refractivity contribution in [1.82, 2.24) is 9.78 Å². The number of sulfone groups is 1. The van der Waals surface area contributed by atoms with Crippen molar-refractivity contribution in [3.8, 4) is 11.1 Å². The van der Waals surface area contributed by atoms with E-state index in [4.69, 9.17) is 0 Å². The van der Waals surface area contributed by atoms with Gasteiger partial charge in [0.1, 0.15) is 0 Å². The third-order valence-corrected chi connectivity index (χ3v) is 6.76. The van der Waals surface area contributed by atoms with Gasteiger partial charge in [0.15, 0.2) is 9.84 Å². The van der Waals surface area contributed by atoms with Crippen LogP contribution in [0.5, 0.6) is 0 Å². The zero-order valence-electron chi connectivity index (χ0n) is 19.3. The smallest absolute Gasteiger partial charge is 0.236 e. The largest absolute Gasteiger partial charge is 0.325 e. The number of nitrogens with zero attached hydrogens (tertiary/aromatic N) is 2. The van der Waals surface area contributed by atoms with Crippen LogP contribution in [0.2, 0.25) is 0 Å². The Morgan fingerprint density at radius 3 is 2.00 bits per heavy atom. The second kappa shape index (κ2) is 9.65. The minimum atomic E-state index is -3.46. The fourth-order valence-corrected chi connectivity index (χ4v) is 4.51. The summed E-state index contributed by atoms with van der Waals surface area (Å²) in [6.45, 7) is 4.05. The fraction of sp³-hybridized carbons (Fsp3) is 0.185. The van der Waals surface area contributed by atoms with Crippen LogP contribution in [0.3, 0.4) is 0 Å². The van der Waals surface area contributed by atoms with Gasteiger partial charge in [0.2, 0.25) is 5.91 Å². The zero-order chi connectivity index (χ0) is 24.3. The third-order valence-electron chi connectivity index (χ3n) is 5.65. The van der Waals surface area contributed by atoms with Gasteiger partial charge in [-0.15, -0.1) is 0 Å². The number of amides is 1. The molecule has 4 aromatic rings. The average molecular weight is 474 g/mol. The number of carbonyl (C=O) groups excluding carboxylic acids is 1. The van der Waals surface area contributed by atoms with E-state index in [2.05, 4.69) is 10.4 Å². The van der Waals surface area contributed by atoms with E-state index in [1.165, 1.54) is 6.07 Å². The summed E-state index contributed by atoms with van der Waals surface area (Å²) in [7, 11) is -3.46. The first-order valence-electron chi connectivity index (χ1n) is 11.0. The van der Waals surface area contributed by atoms with Crippen LogP contribution in [0, 0.1) is 0 Å². The zero-order valence-corrected chi connectivity index (χ0v) is 20.2. The summed E-state index contributed by atoms with van der Waals surface area (Å²) in [4.78, 5) is 13.8. The van der Waals surface area contributed by atoms with Crippen LogP contribution < -0.4 is 5.32 Å². The Hall–Kier alpha value is -3.71. The highest BCUT2D eigenvalue weighted by Gasteiger charge is 2.24. The summed E-state index contributed by atoms with van der Waals surface area (Å²) in [6, 6.07) is 24.0. The Morgan fingerprint density at radius 2 is 1.50 bits per heavy atom. The summed E-state index contributed by atoms with van der Waals surface area (Å²) in [5.74, 6) is -0.809. The maximum absolute atomic E-state index is 13.7. The van der Waals surface area contributed by atoms with Gasteiger partial charge in [-0.05, 0) is 37.1 Å². The molecule has 0 bridgehead atoms. The minimum Gasteiger partial charge on any atom is -0.325 e. The van der Waals surface area contributed by atoms with E-state index < -0.39 is 15.8 Å². The standard InChI is InChI=1S/C27H27N3O3S/c1-19(2)30-18-22(17-28-30)24-15-14-23(34(3,32)33)16-25(24)29-27(31)26(20-10-6-4-7-11-20)21-12-8-5-9-13-21/h4-19,26H,1-3H3,(H,29,31). The molecule has 0 atom stereocenters. The lowest BCUT2D eigenvalue weighted by Crippen LogP contribution is -2.22. The summed E-state index contributed by atoms with van der Waals surface area (Å²) in [5, 5.41) is 7.42. The SMILES string of the molecule is CC(C)n1cc(-c2ccc(S(C)(=O)=O)cc2NC(=O)C(c2ccccc2)c2ccccc2)cn1. The maximum Gasteiger partial charge on any atom is 0.236 e. The Kier molecular flexibility index (Phi) is 6.65. The monoisotopic (exact) mass is 473 g/mol. The van der Waals surface area contributed by atoms with Crippen LogP contribution in [0.4, 0.5) is 5.69 Å². The van der Waals surface area contributed by atoms with Crippen LogP contribution in [-0.4, -0.2) is 30.4 Å². The summed E-state index contributed by atoms with van der Waals surface area (Å²) in [6.07, 6.45) is 4.76. The molecular formula is C27H27N3O3S. The molecule has 3 aromatic carbocycles. The lowest BCUT2D eigenvalue weighted by Gasteiger charge is -2.19. The molecule has 4 rings (SSSR count). The van der Waals surface area contributed by atoms with Crippen molar-refractivity contribution in [1.29, 1.82) is 0 Å². The lowest BCUT2D eigenvalue weighted by atomic mass is 9.90. The van der Waals surface area contributed by atoms with Crippen molar-refractivity contribution in [2.24, 2.45) is 0 Å². The molecule has 0 saturated carbocycles. The predicted molar refractivity (Wildman–Crippen MR) is 135 cm³/mol. The third kappa shape index (κ3) is 5.10. The molecule has 0 unspecified atom stereocenters. The van der Waals surface area contributed by atoms with E-state index in [0.717, 1.165) is 22.9 Å². The summed E-state index contributed by atoms with van der Waals surface area (Å²) < 4.78 is 26.3. The van der Waals surface area contributed by atoms with Crippen LogP contribution in [0.1, 0.15) is 36.9 Å². The van der Waals surface area contributed by atoms with Gasteiger partial charge < -0.3 is 5.32 Å². The molecule has 174 valence electrons. The number of nitrogens with one attached hydrogen (secondary N) is 1. The molecule has 1 amide bonds. The molecule has 6 nitrogen and oxygen atoms in total. The Labute approximate surface area is 200 Å². The molecule has 0 radical (unpaired) electrons. The number of hydrogen-bond acceptors (Lipinski definition) is 4. The van der Waals surface area contributed by atoms with Crippen molar-refractivity contribution in [3.63, 3.8) is 0 Å². The molecule has 0 saturated heterocycles. The first-order valence-corrected chi connectivity index (χ1v) is 12.9. The minimum absolute atomic E-state index is 0.138. The number of benzene rings is 3. The highest BCUT2D eigenvalue weighted by atomic mass is 32.2. The van der Waals surface area contributed by atoms with Crippen LogP contribution in [0.15, 0.2) is 96.2 Å². The van der Waals surface area contributed by atoms with E-state index in [-0.39, 0.29) is 16.8 Å². The Morgan fingerprint density at radius 1 is 0.912 bits per heavy atom. The molecule has 1 aromatic heterocycles. The molecule has 0 spiro atoms. The van der Waals surface area contributed by atoms with E-state index in [0.29, 0.717) is 11.3 Å².